The Bertz CT molecular complexity index is 323. The minimum absolute atomic E-state index is 0.268. The second-order valence-corrected chi connectivity index (χ2v) is 3.87. The van der Waals surface area contributed by atoms with Gasteiger partial charge >= 0.3 is 5.97 Å². The third kappa shape index (κ3) is 5.50. The van der Waals surface area contributed by atoms with E-state index < -0.39 is 5.97 Å². The van der Waals surface area contributed by atoms with Gasteiger partial charge in [-0.3, -0.25) is 9.48 Å². The van der Waals surface area contributed by atoms with Crippen molar-refractivity contribution in [2.75, 3.05) is 13.1 Å². The zero-order valence-electron chi connectivity index (χ0n) is 9.65. The van der Waals surface area contributed by atoms with E-state index in [-0.39, 0.29) is 6.42 Å². The molecule has 0 saturated heterocycles. The lowest BCUT2D eigenvalue weighted by Gasteiger charge is -2.02. The summed E-state index contributed by atoms with van der Waals surface area (Å²) in [6.45, 7) is 1.80. The first-order valence-electron chi connectivity index (χ1n) is 5.58. The van der Waals surface area contributed by atoms with Crippen molar-refractivity contribution in [3.8, 4) is 0 Å². The van der Waals surface area contributed by atoms with E-state index in [0.717, 1.165) is 32.4 Å². The number of hydrogen-bond donors (Lipinski definition) is 2. The molecule has 1 heterocycles. The summed E-state index contributed by atoms with van der Waals surface area (Å²) in [4.78, 5) is 10.2. The van der Waals surface area contributed by atoms with E-state index in [9.17, 15) is 4.79 Å². The molecule has 0 aliphatic heterocycles. The fourth-order valence-electron chi connectivity index (χ4n) is 1.48. The molecule has 5 heteroatoms. The van der Waals surface area contributed by atoms with Crippen molar-refractivity contribution >= 4 is 5.97 Å². The molecule has 0 aromatic carbocycles. The van der Waals surface area contributed by atoms with Crippen LogP contribution in [0.5, 0.6) is 0 Å². The Hall–Kier alpha value is -1.36. The van der Waals surface area contributed by atoms with Gasteiger partial charge in [-0.2, -0.15) is 5.10 Å². The lowest BCUT2D eigenvalue weighted by Crippen LogP contribution is -2.18. The number of nitrogens with zero attached hydrogens (tertiary/aromatic N) is 2. The minimum Gasteiger partial charge on any atom is -0.481 e. The molecule has 90 valence electrons. The van der Waals surface area contributed by atoms with Crippen LogP contribution in [0.2, 0.25) is 0 Å². The summed E-state index contributed by atoms with van der Waals surface area (Å²) in [5.74, 6) is -0.713. The van der Waals surface area contributed by atoms with Crippen molar-refractivity contribution < 1.29 is 9.90 Å². The van der Waals surface area contributed by atoms with Crippen LogP contribution < -0.4 is 5.32 Å². The maximum Gasteiger partial charge on any atom is 0.303 e. The number of unbranched alkanes of at least 4 members (excludes halogenated alkanes) is 1. The molecule has 1 aromatic heterocycles. The molecule has 0 bridgehead atoms. The van der Waals surface area contributed by atoms with Crippen LogP contribution in [0.25, 0.3) is 0 Å². The van der Waals surface area contributed by atoms with Crippen molar-refractivity contribution in [3.05, 3.63) is 18.0 Å². The average Bonchev–Trinajstić information content (AvgIpc) is 2.62. The molecule has 0 spiro atoms. The molecule has 0 saturated carbocycles. The Morgan fingerprint density at radius 3 is 2.94 bits per heavy atom. The van der Waals surface area contributed by atoms with Crippen LogP contribution in [0.3, 0.4) is 0 Å². The summed E-state index contributed by atoms with van der Waals surface area (Å²) in [7, 11) is 1.91. The molecule has 0 atom stereocenters. The van der Waals surface area contributed by atoms with Crippen molar-refractivity contribution in [3.63, 3.8) is 0 Å². The van der Waals surface area contributed by atoms with Gasteiger partial charge in [0.2, 0.25) is 0 Å². The molecule has 0 amide bonds. The van der Waals surface area contributed by atoms with Crippen LogP contribution in [0.15, 0.2) is 12.4 Å². The van der Waals surface area contributed by atoms with Gasteiger partial charge in [0, 0.05) is 19.7 Å². The highest BCUT2D eigenvalue weighted by molar-refractivity contribution is 5.66. The van der Waals surface area contributed by atoms with Gasteiger partial charge in [0.15, 0.2) is 0 Å². The van der Waals surface area contributed by atoms with E-state index in [1.165, 1.54) is 5.56 Å². The molecular formula is C11H19N3O2. The number of aromatic nitrogens is 2. The molecule has 1 rings (SSSR count). The van der Waals surface area contributed by atoms with Gasteiger partial charge in [-0.15, -0.1) is 0 Å². The standard InChI is InChI=1S/C11H19N3O2/c1-14-9-10(8-13-14)5-7-12-6-3-2-4-11(15)16/h8-9,12H,2-7H2,1H3,(H,15,16). The highest BCUT2D eigenvalue weighted by Gasteiger charge is 1.97. The SMILES string of the molecule is Cn1cc(CCNCCCCC(=O)O)cn1. The third-order valence-electron chi connectivity index (χ3n) is 2.34. The molecule has 0 unspecified atom stereocenters. The molecule has 0 aliphatic carbocycles. The number of hydrogen-bond acceptors (Lipinski definition) is 3. The van der Waals surface area contributed by atoms with Crippen LogP contribution in [0.1, 0.15) is 24.8 Å². The Labute approximate surface area is 95.5 Å². The first-order chi connectivity index (χ1) is 7.68. The van der Waals surface area contributed by atoms with Gasteiger partial charge < -0.3 is 10.4 Å². The fourth-order valence-corrected chi connectivity index (χ4v) is 1.48. The first kappa shape index (κ1) is 12.7. The number of aliphatic carboxylic acids is 1. The van der Waals surface area contributed by atoms with Gasteiger partial charge in [-0.05, 0) is 37.9 Å². The molecule has 16 heavy (non-hydrogen) atoms. The van der Waals surface area contributed by atoms with Crippen LogP contribution >= 0.6 is 0 Å². The van der Waals surface area contributed by atoms with Gasteiger partial charge in [0.05, 0.1) is 6.20 Å². The highest BCUT2D eigenvalue weighted by atomic mass is 16.4. The normalized spacial score (nSPS) is 10.6. The van der Waals surface area contributed by atoms with E-state index in [1.54, 1.807) is 4.68 Å². The second-order valence-electron chi connectivity index (χ2n) is 3.87. The van der Waals surface area contributed by atoms with E-state index in [0.29, 0.717) is 0 Å². The number of rotatable bonds is 8. The number of nitrogens with one attached hydrogen (secondary N) is 1. The van der Waals surface area contributed by atoms with E-state index >= 15 is 0 Å². The predicted molar refractivity (Wildman–Crippen MR) is 61.3 cm³/mol. The smallest absolute Gasteiger partial charge is 0.303 e. The van der Waals surface area contributed by atoms with Crippen molar-refractivity contribution in [2.45, 2.75) is 25.7 Å². The maximum absolute atomic E-state index is 10.2. The number of carbonyl (C=O) groups is 1. The zero-order valence-corrected chi connectivity index (χ0v) is 9.65. The van der Waals surface area contributed by atoms with E-state index in [1.807, 2.05) is 19.4 Å². The zero-order chi connectivity index (χ0) is 11.8. The maximum atomic E-state index is 10.2. The minimum atomic E-state index is -0.713. The summed E-state index contributed by atoms with van der Waals surface area (Å²) >= 11 is 0. The van der Waals surface area contributed by atoms with Crippen LogP contribution in [-0.2, 0) is 18.3 Å². The van der Waals surface area contributed by atoms with Gasteiger partial charge in [-0.1, -0.05) is 0 Å². The summed E-state index contributed by atoms with van der Waals surface area (Å²) in [6, 6.07) is 0. The average molecular weight is 225 g/mol. The highest BCUT2D eigenvalue weighted by Crippen LogP contribution is 1.97. The molecule has 0 fully saturated rings. The molecule has 2 N–H and O–H groups in total. The largest absolute Gasteiger partial charge is 0.481 e. The Kier molecular flexibility index (Phi) is 5.56. The number of carboxylic acids is 1. The van der Waals surface area contributed by atoms with Gasteiger partial charge in [-0.25, -0.2) is 0 Å². The predicted octanol–water partition coefficient (Wildman–Crippen LogP) is 0.807. The summed E-state index contributed by atoms with van der Waals surface area (Å²) in [6.07, 6.45) is 6.77. The van der Waals surface area contributed by atoms with Crippen molar-refractivity contribution in [2.24, 2.45) is 7.05 Å². The second kappa shape index (κ2) is 7.00. The van der Waals surface area contributed by atoms with Crippen molar-refractivity contribution in [1.82, 2.24) is 15.1 Å². The van der Waals surface area contributed by atoms with Gasteiger partial charge in [0.25, 0.3) is 0 Å². The summed E-state index contributed by atoms with van der Waals surface area (Å²) in [5.41, 5.74) is 1.22. The van der Waals surface area contributed by atoms with Crippen LogP contribution in [-0.4, -0.2) is 33.9 Å². The monoisotopic (exact) mass is 225 g/mol. The summed E-state index contributed by atoms with van der Waals surface area (Å²) < 4.78 is 1.79. The molecule has 5 nitrogen and oxygen atoms in total. The number of aryl methyl sites for hydroxylation is 1. The van der Waals surface area contributed by atoms with Gasteiger partial charge in [0.1, 0.15) is 0 Å². The quantitative estimate of drug-likeness (QED) is 0.642. The molecule has 0 aliphatic rings. The summed E-state index contributed by atoms with van der Waals surface area (Å²) in [5, 5.41) is 15.8. The third-order valence-corrected chi connectivity index (χ3v) is 2.34. The Morgan fingerprint density at radius 2 is 2.31 bits per heavy atom. The molecular weight excluding hydrogens is 206 g/mol. The fraction of sp³-hybridized carbons (Fsp3) is 0.636. The first-order valence-corrected chi connectivity index (χ1v) is 5.58. The van der Waals surface area contributed by atoms with E-state index in [2.05, 4.69) is 10.4 Å². The van der Waals surface area contributed by atoms with Crippen molar-refractivity contribution in [1.29, 1.82) is 0 Å². The van der Waals surface area contributed by atoms with Crippen LogP contribution in [0, 0.1) is 0 Å². The molecule has 0 radical (unpaired) electrons. The lowest BCUT2D eigenvalue weighted by atomic mass is 10.2. The lowest BCUT2D eigenvalue weighted by molar-refractivity contribution is -0.137. The molecule has 1 aromatic rings. The Balaban J connectivity index is 1.94. The Morgan fingerprint density at radius 1 is 1.50 bits per heavy atom. The number of carboxylic acid groups (broad SMARTS) is 1. The topological polar surface area (TPSA) is 67.2 Å². The van der Waals surface area contributed by atoms with Crippen LogP contribution in [0.4, 0.5) is 0 Å². The van der Waals surface area contributed by atoms with E-state index in [4.69, 9.17) is 5.11 Å².